The average Bonchev–Trinajstić information content (AvgIpc) is 2.55. The lowest BCUT2D eigenvalue weighted by molar-refractivity contribution is -0.0892. The van der Waals surface area contributed by atoms with E-state index in [-0.39, 0.29) is 11.6 Å². The minimum atomic E-state index is -0.318. The number of rotatable bonds is 1. The van der Waals surface area contributed by atoms with Gasteiger partial charge in [0.05, 0.1) is 6.26 Å². The first kappa shape index (κ1) is 8.78. The van der Waals surface area contributed by atoms with E-state index in [2.05, 4.69) is 0 Å². The van der Waals surface area contributed by atoms with Crippen LogP contribution in [0.15, 0.2) is 22.8 Å². The van der Waals surface area contributed by atoms with Crippen molar-refractivity contribution in [2.24, 2.45) is 5.73 Å². The molecule has 1 aromatic heterocycles. The highest BCUT2D eigenvalue weighted by molar-refractivity contribution is 5.10. The second-order valence-electron chi connectivity index (χ2n) is 3.81. The average molecular weight is 181 g/mol. The Labute approximate surface area is 77.9 Å². The third-order valence-corrected chi connectivity index (χ3v) is 2.60. The van der Waals surface area contributed by atoms with Crippen LogP contribution in [-0.2, 0) is 10.3 Å². The topological polar surface area (TPSA) is 48.4 Å². The summed E-state index contributed by atoms with van der Waals surface area (Å²) in [6, 6.07) is 4.05. The molecule has 0 spiro atoms. The van der Waals surface area contributed by atoms with E-state index >= 15 is 0 Å². The molecule has 2 atom stereocenters. The van der Waals surface area contributed by atoms with E-state index < -0.39 is 0 Å². The third-order valence-electron chi connectivity index (χ3n) is 2.60. The fraction of sp³-hybridized carbons (Fsp3) is 0.600. The predicted molar refractivity (Wildman–Crippen MR) is 49.2 cm³/mol. The van der Waals surface area contributed by atoms with Crippen LogP contribution in [0.2, 0.25) is 0 Å². The molecule has 0 saturated carbocycles. The summed E-state index contributed by atoms with van der Waals surface area (Å²) in [7, 11) is 0. The van der Waals surface area contributed by atoms with Gasteiger partial charge in [0.15, 0.2) is 0 Å². The summed E-state index contributed by atoms with van der Waals surface area (Å²) in [5, 5.41) is 0. The largest absolute Gasteiger partial charge is 0.466 e. The van der Waals surface area contributed by atoms with Crippen molar-refractivity contribution >= 4 is 0 Å². The lowest BCUT2D eigenvalue weighted by Gasteiger charge is -2.35. The maximum Gasteiger partial charge on any atom is 0.135 e. The molecular formula is C10H15NO2. The number of nitrogens with two attached hydrogens (primary N) is 1. The van der Waals surface area contributed by atoms with E-state index in [1.165, 1.54) is 0 Å². The molecule has 2 N–H and O–H groups in total. The van der Waals surface area contributed by atoms with Gasteiger partial charge in [0.25, 0.3) is 0 Å². The highest BCUT2D eigenvalue weighted by atomic mass is 16.5. The quantitative estimate of drug-likeness (QED) is 0.716. The smallest absolute Gasteiger partial charge is 0.135 e. The summed E-state index contributed by atoms with van der Waals surface area (Å²) in [6.07, 6.45) is 3.45. The molecule has 2 heterocycles. The molecule has 1 aliphatic heterocycles. The predicted octanol–water partition coefficient (Wildman–Crippen LogP) is 1.63. The number of hydrogen-bond acceptors (Lipinski definition) is 3. The van der Waals surface area contributed by atoms with Crippen molar-refractivity contribution in [2.45, 2.75) is 31.4 Å². The van der Waals surface area contributed by atoms with Gasteiger partial charge in [-0.2, -0.15) is 0 Å². The van der Waals surface area contributed by atoms with Crippen LogP contribution in [0.3, 0.4) is 0 Å². The maximum absolute atomic E-state index is 5.89. The molecule has 1 aliphatic rings. The molecule has 0 bridgehead atoms. The number of furan rings is 1. The summed E-state index contributed by atoms with van der Waals surface area (Å²) in [4.78, 5) is 0. The summed E-state index contributed by atoms with van der Waals surface area (Å²) in [6.45, 7) is 2.75. The monoisotopic (exact) mass is 181 g/mol. The van der Waals surface area contributed by atoms with E-state index in [1.54, 1.807) is 6.26 Å². The van der Waals surface area contributed by atoms with Crippen LogP contribution in [0.1, 0.15) is 25.5 Å². The Hall–Kier alpha value is -0.800. The van der Waals surface area contributed by atoms with Gasteiger partial charge in [-0.05, 0) is 31.9 Å². The lowest BCUT2D eigenvalue weighted by Crippen LogP contribution is -2.40. The van der Waals surface area contributed by atoms with Crippen molar-refractivity contribution in [1.29, 1.82) is 0 Å². The van der Waals surface area contributed by atoms with Crippen LogP contribution in [0.25, 0.3) is 0 Å². The standard InChI is InChI=1S/C10H15NO2/c1-10(9-3-2-5-12-9)7-8(11)4-6-13-10/h2-3,5,8H,4,6-7,11H2,1H3. The first-order chi connectivity index (χ1) is 6.21. The summed E-state index contributed by atoms with van der Waals surface area (Å²) in [5.74, 6) is 0.877. The third kappa shape index (κ3) is 1.62. The first-order valence-electron chi connectivity index (χ1n) is 4.64. The van der Waals surface area contributed by atoms with Crippen molar-refractivity contribution in [1.82, 2.24) is 0 Å². The fourth-order valence-electron chi connectivity index (χ4n) is 1.85. The zero-order valence-electron chi connectivity index (χ0n) is 7.82. The second kappa shape index (κ2) is 3.16. The van der Waals surface area contributed by atoms with Gasteiger partial charge in [-0.25, -0.2) is 0 Å². The van der Waals surface area contributed by atoms with Crippen molar-refractivity contribution in [3.8, 4) is 0 Å². The molecular weight excluding hydrogens is 166 g/mol. The van der Waals surface area contributed by atoms with Crippen molar-refractivity contribution in [3.05, 3.63) is 24.2 Å². The molecule has 0 aromatic carbocycles. The van der Waals surface area contributed by atoms with Gasteiger partial charge >= 0.3 is 0 Å². The molecule has 2 unspecified atom stereocenters. The van der Waals surface area contributed by atoms with Crippen LogP contribution < -0.4 is 5.73 Å². The molecule has 2 rings (SSSR count). The van der Waals surface area contributed by atoms with Gasteiger partial charge in [0, 0.05) is 12.6 Å². The van der Waals surface area contributed by atoms with E-state index in [9.17, 15) is 0 Å². The van der Waals surface area contributed by atoms with E-state index in [0.717, 1.165) is 25.2 Å². The zero-order chi connectivity index (χ0) is 9.31. The van der Waals surface area contributed by atoms with Crippen LogP contribution >= 0.6 is 0 Å². The highest BCUT2D eigenvalue weighted by Gasteiger charge is 2.35. The summed E-state index contributed by atoms with van der Waals surface area (Å²) in [5.41, 5.74) is 5.58. The minimum absolute atomic E-state index is 0.226. The molecule has 72 valence electrons. The van der Waals surface area contributed by atoms with Crippen LogP contribution in [0.5, 0.6) is 0 Å². The Kier molecular flexibility index (Phi) is 2.14. The van der Waals surface area contributed by atoms with Crippen molar-refractivity contribution < 1.29 is 9.15 Å². The van der Waals surface area contributed by atoms with Crippen molar-refractivity contribution in [3.63, 3.8) is 0 Å². The molecule has 0 amide bonds. The van der Waals surface area contributed by atoms with Crippen molar-refractivity contribution in [2.75, 3.05) is 6.61 Å². The van der Waals surface area contributed by atoms with Crippen LogP contribution in [-0.4, -0.2) is 12.6 Å². The first-order valence-corrected chi connectivity index (χ1v) is 4.64. The Morgan fingerprint density at radius 3 is 3.08 bits per heavy atom. The van der Waals surface area contributed by atoms with Gasteiger partial charge in [-0.1, -0.05) is 0 Å². The highest BCUT2D eigenvalue weighted by Crippen LogP contribution is 2.34. The van der Waals surface area contributed by atoms with Gasteiger partial charge in [0.1, 0.15) is 11.4 Å². The van der Waals surface area contributed by atoms with E-state index in [1.807, 2.05) is 19.1 Å². The lowest BCUT2D eigenvalue weighted by atomic mass is 9.90. The molecule has 1 fully saturated rings. The van der Waals surface area contributed by atoms with Gasteiger partial charge < -0.3 is 14.9 Å². The summed E-state index contributed by atoms with van der Waals surface area (Å²) < 4.78 is 11.1. The molecule has 1 aromatic rings. The second-order valence-corrected chi connectivity index (χ2v) is 3.81. The normalized spacial score (nSPS) is 34.8. The van der Waals surface area contributed by atoms with Gasteiger partial charge in [-0.3, -0.25) is 0 Å². The molecule has 3 nitrogen and oxygen atoms in total. The number of ether oxygens (including phenoxy) is 1. The minimum Gasteiger partial charge on any atom is -0.466 e. The van der Waals surface area contributed by atoms with Crippen LogP contribution in [0, 0.1) is 0 Å². The molecule has 1 saturated heterocycles. The van der Waals surface area contributed by atoms with E-state index in [4.69, 9.17) is 14.9 Å². The van der Waals surface area contributed by atoms with Crippen LogP contribution in [0.4, 0.5) is 0 Å². The maximum atomic E-state index is 5.89. The van der Waals surface area contributed by atoms with Gasteiger partial charge in [0.2, 0.25) is 0 Å². The SMILES string of the molecule is CC1(c2ccco2)CC(N)CCO1. The number of hydrogen-bond donors (Lipinski definition) is 1. The molecule has 3 heteroatoms. The molecule has 0 aliphatic carbocycles. The summed E-state index contributed by atoms with van der Waals surface area (Å²) >= 11 is 0. The molecule has 0 radical (unpaired) electrons. The van der Waals surface area contributed by atoms with Gasteiger partial charge in [-0.15, -0.1) is 0 Å². The van der Waals surface area contributed by atoms with E-state index in [0.29, 0.717) is 0 Å². The Morgan fingerprint density at radius 2 is 2.46 bits per heavy atom. The fourth-order valence-corrected chi connectivity index (χ4v) is 1.85. The Bertz CT molecular complexity index is 270. The Balaban J connectivity index is 2.20. The zero-order valence-corrected chi connectivity index (χ0v) is 7.82. The molecule has 13 heavy (non-hydrogen) atoms. The Morgan fingerprint density at radius 1 is 1.62 bits per heavy atom.